The normalized spacial score (nSPS) is 11.2. The molecule has 0 aromatic heterocycles. The number of nitrogens with one attached hydrogen (secondary N) is 3. The van der Waals surface area contributed by atoms with E-state index in [1.807, 2.05) is 25.7 Å². The first-order chi connectivity index (χ1) is 18.0. The van der Waals surface area contributed by atoms with E-state index in [1.54, 1.807) is 0 Å². The minimum Gasteiger partial charge on any atom is -0.450 e. The molecule has 0 radical (unpaired) electrons. The van der Waals surface area contributed by atoms with Gasteiger partial charge in [0.25, 0.3) is 0 Å². The van der Waals surface area contributed by atoms with Crippen molar-refractivity contribution < 1.29 is 28.6 Å². The number of carbonyl (C=O) groups excluding carboxylic acids is 3. The van der Waals surface area contributed by atoms with E-state index in [0.29, 0.717) is 71.9 Å². The lowest BCUT2D eigenvalue weighted by atomic mass is 10.1. The lowest BCUT2D eigenvalue weighted by molar-refractivity contribution is 0.133. The van der Waals surface area contributed by atoms with Gasteiger partial charge < -0.3 is 30.2 Å². The van der Waals surface area contributed by atoms with Crippen molar-refractivity contribution in [3.8, 4) is 0 Å². The number of carbonyl (C=O) groups is 3. The lowest BCUT2D eigenvalue weighted by Crippen LogP contribution is -2.48. The average molecular weight is 530 g/mol. The lowest BCUT2D eigenvalue weighted by Gasteiger charge is -2.28. The van der Waals surface area contributed by atoms with Crippen molar-refractivity contribution >= 4 is 18.3 Å². The number of azide groups is 1. The molecule has 37 heavy (non-hydrogen) atoms. The van der Waals surface area contributed by atoms with E-state index in [-0.39, 0.29) is 6.04 Å². The third-order valence-corrected chi connectivity index (χ3v) is 5.26. The molecule has 0 fully saturated rings. The fraction of sp³-hybridized carbons (Fsp3) is 0.875. The summed E-state index contributed by atoms with van der Waals surface area (Å²) >= 11 is 0. The van der Waals surface area contributed by atoms with Gasteiger partial charge in [-0.1, -0.05) is 45.1 Å². The maximum Gasteiger partial charge on any atom is 0.407 e. The van der Waals surface area contributed by atoms with Crippen LogP contribution in [0.1, 0.15) is 72.1 Å². The zero-order valence-electron chi connectivity index (χ0n) is 22.8. The van der Waals surface area contributed by atoms with Crippen LogP contribution >= 0.6 is 0 Å². The van der Waals surface area contributed by atoms with Crippen molar-refractivity contribution in [2.45, 2.75) is 78.2 Å². The number of hydrogen-bond acceptors (Lipinski definition) is 8. The van der Waals surface area contributed by atoms with Crippen LogP contribution in [0, 0.1) is 0 Å². The van der Waals surface area contributed by atoms with E-state index < -0.39 is 18.3 Å². The van der Waals surface area contributed by atoms with E-state index >= 15 is 0 Å². The SMILES string of the molecule is CCCCOC(=O)NCCN(CCNC(=O)OCCCC)CC(CCCN=[N+]=[N-])NC(=O)OCCCC. The van der Waals surface area contributed by atoms with Crippen molar-refractivity contribution in [3.05, 3.63) is 10.4 Å². The van der Waals surface area contributed by atoms with Gasteiger partial charge in [-0.05, 0) is 37.6 Å². The van der Waals surface area contributed by atoms with Gasteiger partial charge in [0.2, 0.25) is 0 Å². The predicted molar refractivity (Wildman–Crippen MR) is 141 cm³/mol. The molecule has 0 bridgehead atoms. The Labute approximate surface area is 221 Å². The molecule has 0 rings (SSSR count). The molecule has 0 heterocycles. The summed E-state index contributed by atoms with van der Waals surface area (Å²) in [5, 5.41) is 11.9. The number of nitrogens with zero attached hydrogens (tertiary/aromatic N) is 4. The standard InChI is InChI=1S/C24H47N7O6/c1-4-7-17-35-22(32)26-13-15-31(16-14-27-23(33)36-18-8-5-2)20-21(11-10-12-28-30-25)29-24(34)37-19-9-6-3/h21H,4-20H2,1-3H3,(H,26,32)(H,27,33)(H,29,34). The maximum absolute atomic E-state index is 12.3. The molecule has 0 aliphatic carbocycles. The van der Waals surface area contributed by atoms with E-state index in [1.165, 1.54) is 0 Å². The molecule has 13 nitrogen and oxygen atoms in total. The minimum absolute atomic E-state index is 0.281. The number of rotatable bonds is 22. The summed E-state index contributed by atoms with van der Waals surface area (Å²) in [5.41, 5.74) is 8.53. The van der Waals surface area contributed by atoms with E-state index in [0.717, 1.165) is 38.5 Å². The molecule has 0 aromatic rings. The molecule has 214 valence electrons. The second-order valence-electron chi connectivity index (χ2n) is 8.56. The number of amides is 3. The Hall–Kier alpha value is -2.92. The molecule has 3 amide bonds. The summed E-state index contributed by atoms with van der Waals surface area (Å²) in [6.45, 7) is 9.48. The number of hydrogen-bond donors (Lipinski definition) is 3. The molecule has 1 unspecified atom stereocenters. The second-order valence-corrected chi connectivity index (χ2v) is 8.56. The number of alkyl carbamates (subject to hydrolysis) is 3. The van der Waals surface area contributed by atoms with Gasteiger partial charge in [0, 0.05) is 50.2 Å². The monoisotopic (exact) mass is 529 g/mol. The summed E-state index contributed by atoms with van der Waals surface area (Å²) in [7, 11) is 0. The molecule has 3 N–H and O–H groups in total. The van der Waals surface area contributed by atoms with Crippen LogP contribution in [0.15, 0.2) is 5.11 Å². The third kappa shape index (κ3) is 22.0. The molecular weight excluding hydrogens is 482 g/mol. The summed E-state index contributed by atoms with van der Waals surface area (Å²) in [4.78, 5) is 40.8. The summed E-state index contributed by atoms with van der Waals surface area (Å²) < 4.78 is 15.5. The van der Waals surface area contributed by atoms with Gasteiger partial charge in [0.05, 0.1) is 19.8 Å². The first-order valence-corrected chi connectivity index (χ1v) is 13.4. The van der Waals surface area contributed by atoms with Crippen LogP contribution < -0.4 is 16.0 Å². The van der Waals surface area contributed by atoms with Gasteiger partial charge >= 0.3 is 18.3 Å². The fourth-order valence-electron chi connectivity index (χ4n) is 3.14. The van der Waals surface area contributed by atoms with E-state index in [2.05, 4.69) is 26.0 Å². The van der Waals surface area contributed by atoms with Crippen LogP contribution in [-0.2, 0) is 14.2 Å². The van der Waals surface area contributed by atoms with E-state index in [9.17, 15) is 14.4 Å². The maximum atomic E-state index is 12.3. The minimum atomic E-state index is -0.502. The Bertz CT molecular complexity index is 633. The summed E-state index contributed by atoms with van der Waals surface area (Å²) in [6.07, 6.45) is 4.86. The van der Waals surface area contributed by atoms with Gasteiger partial charge in [-0.2, -0.15) is 0 Å². The summed E-state index contributed by atoms with van der Waals surface area (Å²) in [5.74, 6) is 0. The molecule has 0 aliphatic rings. The van der Waals surface area contributed by atoms with Crippen LogP contribution in [0.2, 0.25) is 0 Å². The number of unbranched alkanes of at least 4 members (excludes halogenated alkanes) is 3. The van der Waals surface area contributed by atoms with Crippen LogP contribution in [0.25, 0.3) is 10.4 Å². The first-order valence-electron chi connectivity index (χ1n) is 13.4. The largest absolute Gasteiger partial charge is 0.450 e. The number of ether oxygens (including phenoxy) is 3. The van der Waals surface area contributed by atoms with Gasteiger partial charge in [0.15, 0.2) is 0 Å². The van der Waals surface area contributed by atoms with Crippen LogP contribution in [0.3, 0.4) is 0 Å². The van der Waals surface area contributed by atoms with Gasteiger partial charge in [0.1, 0.15) is 0 Å². The Balaban J connectivity index is 5.00. The average Bonchev–Trinajstić information content (AvgIpc) is 2.87. The zero-order chi connectivity index (χ0) is 27.6. The van der Waals surface area contributed by atoms with Gasteiger partial charge in [-0.25, -0.2) is 14.4 Å². The molecule has 1 atom stereocenters. The molecule has 0 aliphatic heterocycles. The van der Waals surface area contributed by atoms with Crippen molar-refractivity contribution in [2.75, 3.05) is 59.1 Å². The van der Waals surface area contributed by atoms with Crippen molar-refractivity contribution in [1.29, 1.82) is 0 Å². The predicted octanol–water partition coefficient (Wildman–Crippen LogP) is 4.33. The molecule has 0 aromatic carbocycles. The highest BCUT2D eigenvalue weighted by Crippen LogP contribution is 2.03. The smallest absolute Gasteiger partial charge is 0.407 e. The highest BCUT2D eigenvalue weighted by Gasteiger charge is 2.18. The van der Waals surface area contributed by atoms with Crippen LogP contribution in [0.4, 0.5) is 14.4 Å². The molecule has 13 heteroatoms. The Morgan fingerprint density at radius 1 is 0.811 bits per heavy atom. The first kappa shape index (κ1) is 34.1. The van der Waals surface area contributed by atoms with Gasteiger partial charge in [-0.15, -0.1) is 0 Å². The van der Waals surface area contributed by atoms with Gasteiger partial charge in [-0.3, -0.25) is 4.90 Å². The molecule has 0 spiro atoms. The second kappa shape index (κ2) is 24.8. The summed E-state index contributed by atoms with van der Waals surface area (Å²) in [6, 6.07) is -0.281. The highest BCUT2D eigenvalue weighted by atomic mass is 16.6. The van der Waals surface area contributed by atoms with Crippen molar-refractivity contribution in [2.24, 2.45) is 5.11 Å². The van der Waals surface area contributed by atoms with Crippen LogP contribution in [0.5, 0.6) is 0 Å². The topological polar surface area (TPSA) is 167 Å². The van der Waals surface area contributed by atoms with Crippen LogP contribution in [-0.4, -0.2) is 88.3 Å². The Morgan fingerprint density at radius 2 is 1.30 bits per heavy atom. The fourth-order valence-corrected chi connectivity index (χ4v) is 3.14. The van der Waals surface area contributed by atoms with Crippen molar-refractivity contribution in [1.82, 2.24) is 20.9 Å². The van der Waals surface area contributed by atoms with E-state index in [4.69, 9.17) is 19.7 Å². The Morgan fingerprint density at radius 3 is 1.76 bits per heavy atom. The quantitative estimate of drug-likeness (QED) is 0.0617. The molecule has 0 saturated carbocycles. The Kier molecular flexibility index (Phi) is 22.8. The molecule has 0 saturated heterocycles. The third-order valence-electron chi connectivity index (χ3n) is 5.26. The van der Waals surface area contributed by atoms with Crippen molar-refractivity contribution in [3.63, 3.8) is 0 Å². The zero-order valence-corrected chi connectivity index (χ0v) is 22.8. The highest BCUT2D eigenvalue weighted by molar-refractivity contribution is 5.68. The molecular formula is C24H47N7O6.